The van der Waals surface area contributed by atoms with Crippen LogP contribution in [0, 0.1) is 4.58 Å². The van der Waals surface area contributed by atoms with Crippen LogP contribution in [-0.4, -0.2) is 39.9 Å². The summed E-state index contributed by atoms with van der Waals surface area (Å²) in [5.41, 5.74) is -12.6. The van der Waals surface area contributed by atoms with E-state index in [1.54, 1.807) is 0 Å². The summed E-state index contributed by atoms with van der Waals surface area (Å²) in [6, 6.07) is 0. The minimum atomic E-state index is -6.83. The minimum Gasteiger partial charge on any atom is -0.462 e. The number of carbonyl (C=O) groups is 1. The number of ether oxygens (including phenoxy) is 1. The predicted molar refractivity (Wildman–Crippen MR) is 63.6 cm³/mol. The van der Waals surface area contributed by atoms with Crippen molar-refractivity contribution in [1.82, 2.24) is 0 Å². The molecule has 0 spiro atoms. The number of halogens is 6. The largest absolute Gasteiger partial charge is 0.469 e. The second kappa shape index (κ2) is 6.67. The van der Waals surface area contributed by atoms with E-state index in [9.17, 15) is 48.0 Å². The second-order valence-electron chi connectivity index (χ2n) is 3.93. The van der Waals surface area contributed by atoms with Gasteiger partial charge >= 0.3 is 17.0 Å². The standard InChI is InChI=1S/C9H9F6O6S2/c1-3-6(16)21-5(2)4-7(22(17,18)8(10,11)12)23(19,20)9(13,14)15/h3,5H,1,4H2,2H3/q-1. The molecule has 136 valence electrons. The number of carbonyl (C=O) groups excluding carboxylic acids is 1. The molecule has 0 aliphatic carbocycles. The Morgan fingerprint density at radius 2 is 1.43 bits per heavy atom. The van der Waals surface area contributed by atoms with Crippen LogP contribution in [0.1, 0.15) is 13.3 Å². The van der Waals surface area contributed by atoms with E-state index in [1.807, 2.05) is 0 Å². The summed E-state index contributed by atoms with van der Waals surface area (Å²) >= 11 is 0. The zero-order valence-corrected chi connectivity index (χ0v) is 12.7. The first-order valence-electron chi connectivity index (χ1n) is 5.30. The van der Waals surface area contributed by atoms with E-state index in [2.05, 4.69) is 11.3 Å². The molecule has 0 aliphatic rings. The molecule has 0 aromatic rings. The van der Waals surface area contributed by atoms with Crippen LogP contribution in [0.3, 0.4) is 0 Å². The lowest BCUT2D eigenvalue weighted by atomic mass is 10.3. The molecule has 0 radical (unpaired) electrons. The number of sulfone groups is 2. The average molecular weight is 391 g/mol. The Hall–Kier alpha value is -1.31. The molecule has 0 saturated heterocycles. The summed E-state index contributed by atoms with van der Waals surface area (Å²) in [5, 5.41) is 0. The van der Waals surface area contributed by atoms with Crippen LogP contribution >= 0.6 is 0 Å². The second-order valence-corrected chi connectivity index (χ2v) is 8.11. The van der Waals surface area contributed by atoms with Crippen LogP contribution in [0.2, 0.25) is 0 Å². The minimum absolute atomic E-state index is 0.493. The van der Waals surface area contributed by atoms with Gasteiger partial charge < -0.3 is 4.74 Å². The Balaban J connectivity index is 5.98. The van der Waals surface area contributed by atoms with Crippen LogP contribution in [0.25, 0.3) is 0 Å². The summed E-state index contributed by atoms with van der Waals surface area (Å²) in [5.74, 6) is -1.30. The molecule has 0 rings (SSSR count). The number of hydrogen-bond donors (Lipinski definition) is 0. The van der Waals surface area contributed by atoms with Crippen LogP contribution in [0.4, 0.5) is 26.3 Å². The molecule has 0 amide bonds. The molecule has 6 nitrogen and oxygen atoms in total. The summed E-state index contributed by atoms with van der Waals surface area (Å²) in [7, 11) is -13.7. The average Bonchev–Trinajstić information content (AvgIpc) is 2.32. The quantitative estimate of drug-likeness (QED) is 0.297. The SMILES string of the molecule is C=CC(=O)OC(C)C[C-](S(=O)(=O)C(F)(F)F)S(=O)(=O)C(F)(F)F. The molecule has 0 bridgehead atoms. The fraction of sp³-hybridized carbons (Fsp3) is 0.556. The molecular weight excluding hydrogens is 382 g/mol. The number of rotatable bonds is 6. The molecule has 1 atom stereocenters. The fourth-order valence-electron chi connectivity index (χ4n) is 1.14. The fourth-order valence-corrected chi connectivity index (χ4v) is 4.29. The predicted octanol–water partition coefficient (Wildman–Crippen LogP) is 1.85. The van der Waals surface area contributed by atoms with Gasteiger partial charge in [0, 0.05) is 6.08 Å². The van der Waals surface area contributed by atoms with Gasteiger partial charge in [-0.25, -0.2) is 4.79 Å². The molecule has 0 heterocycles. The van der Waals surface area contributed by atoms with Gasteiger partial charge in [-0.1, -0.05) is 11.2 Å². The zero-order chi connectivity index (χ0) is 18.9. The van der Waals surface area contributed by atoms with Gasteiger partial charge in [-0.2, -0.15) is 26.3 Å². The highest BCUT2D eigenvalue weighted by Crippen LogP contribution is 2.43. The lowest BCUT2D eigenvalue weighted by Gasteiger charge is -2.33. The third kappa shape index (κ3) is 4.83. The maximum Gasteiger partial charge on any atom is 0.469 e. The van der Waals surface area contributed by atoms with Gasteiger partial charge in [-0.05, 0) is 6.92 Å². The lowest BCUT2D eigenvalue weighted by Crippen LogP contribution is -2.41. The highest BCUT2D eigenvalue weighted by Gasteiger charge is 2.53. The Bertz CT molecular complexity index is 616. The van der Waals surface area contributed by atoms with Crippen molar-refractivity contribution in [2.75, 3.05) is 0 Å². The first-order valence-corrected chi connectivity index (χ1v) is 8.26. The van der Waals surface area contributed by atoms with Gasteiger partial charge in [-0.15, -0.1) is 6.42 Å². The molecule has 0 aromatic heterocycles. The van der Waals surface area contributed by atoms with E-state index in [0.29, 0.717) is 13.0 Å². The van der Waals surface area contributed by atoms with Gasteiger partial charge in [0.1, 0.15) is 19.7 Å². The maximum absolute atomic E-state index is 12.4. The normalized spacial score (nSPS) is 15.3. The summed E-state index contributed by atoms with van der Waals surface area (Å²) in [6.07, 6.45) is -3.26. The maximum atomic E-state index is 12.4. The third-order valence-corrected chi connectivity index (χ3v) is 6.21. The van der Waals surface area contributed by atoms with Gasteiger partial charge in [0.15, 0.2) is 0 Å². The van der Waals surface area contributed by atoms with Gasteiger partial charge in [0.05, 0.1) is 6.10 Å². The van der Waals surface area contributed by atoms with E-state index in [4.69, 9.17) is 0 Å². The highest BCUT2D eigenvalue weighted by molar-refractivity contribution is 8.13. The molecule has 23 heavy (non-hydrogen) atoms. The molecule has 0 N–H and O–H groups in total. The number of alkyl halides is 6. The lowest BCUT2D eigenvalue weighted by molar-refractivity contribution is -0.142. The third-order valence-electron chi connectivity index (χ3n) is 2.15. The van der Waals surface area contributed by atoms with Crippen molar-refractivity contribution in [2.24, 2.45) is 0 Å². The molecular formula is C9H9F6O6S2-. The molecule has 0 fully saturated rings. The first-order chi connectivity index (χ1) is 9.98. The van der Waals surface area contributed by atoms with E-state index in [-0.39, 0.29) is 0 Å². The monoisotopic (exact) mass is 391 g/mol. The molecule has 0 saturated carbocycles. The summed E-state index contributed by atoms with van der Waals surface area (Å²) in [4.78, 5) is 10.8. The van der Waals surface area contributed by atoms with Crippen molar-refractivity contribution in [1.29, 1.82) is 0 Å². The molecule has 14 heteroatoms. The molecule has 0 aliphatic heterocycles. The van der Waals surface area contributed by atoms with Crippen LogP contribution in [0.5, 0.6) is 0 Å². The first kappa shape index (κ1) is 21.7. The van der Waals surface area contributed by atoms with E-state index < -0.39 is 53.8 Å². The van der Waals surface area contributed by atoms with E-state index >= 15 is 0 Å². The summed E-state index contributed by atoms with van der Waals surface area (Å²) < 4.78 is 120. The topological polar surface area (TPSA) is 94.6 Å². The Morgan fingerprint density at radius 3 is 1.70 bits per heavy atom. The van der Waals surface area contributed by atoms with Gasteiger partial charge in [0.2, 0.25) is 0 Å². The van der Waals surface area contributed by atoms with Crippen molar-refractivity contribution >= 4 is 25.6 Å². The van der Waals surface area contributed by atoms with Gasteiger partial charge in [0.25, 0.3) is 0 Å². The van der Waals surface area contributed by atoms with Crippen molar-refractivity contribution in [3.63, 3.8) is 0 Å². The van der Waals surface area contributed by atoms with Crippen molar-refractivity contribution < 1.29 is 52.7 Å². The number of hydrogen-bond acceptors (Lipinski definition) is 6. The Morgan fingerprint density at radius 1 is 1.09 bits per heavy atom. The Kier molecular flexibility index (Phi) is 6.29. The highest BCUT2D eigenvalue weighted by atomic mass is 32.3. The van der Waals surface area contributed by atoms with Crippen LogP contribution in [-0.2, 0) is 29.2 Å². The smallest absolute Gasteiger partial charge is 0.462 e. The van der Waals surface area contributed by atoms with Crippen molar-refractivity contribution in [3.05, 3.63) is 17.2 Å². The van der Waals surface area contributed by atoms with Crippen molar-refractivity contribution in [2.45, 2.75) is 30.5 Å². The number of esters is 1. The molecule has 1 unspecified atom stereocenters. The van der Waals surface area contributed by atoms with E-state index in [1.165, 1.54) is 0 Å². The summed E-state index contributed by atoms with van der Waals surface area (Å²) in [6.45, 7) is 3.60. The van der Waals surface area contributed by atoms with E-state index in [0.717, 1.165) is 0 Å². The van der Waals surface area contributed by atoms with Gasteiger partial charge in [-0.3, -0.25) is 16.8 Å². The van der Waals surface area contributed by atoms with Crippen LogP contribution in [0.15, 0.2) is 12.7 Å². The zero-order valence-electron chi connectivity index (χ0n) is 11.1. The Labute approximate surface area is 126 Å². The van der Waals surface area contributed by atoms with Crippen LogP contribution < -0.4 is 0 Å². The van der Waals surface area contributed by atoms with Crippen molar-refractivity contribution in [3.8, 4) is 0 Å². The molecule has 0 aromatic carbocycles.